The Morgan fingerprint density at radius 1 is 1.40 bits per heavy atom. The van der Waals surface area contributed by atoms with Crippen LogP contribution in [0.3, 0.4) is 0 Å². The highest BCUT2D eigenvalue weighted by Crippen LogP contribution is 2.26. The van der Waals surface area contributed by atoms with Gasteiger partial charge in [-0.3, -0.25) is 0 Å². The van der Waals surface area contributed by atoms with Crippen molar-refractivity contribution >= 4 is 16.6 Å². The summed E-state index contributed by atoms with van der Waals surface area (Å²) in [5.41, 5.74) is 8.52. The van der Waals surface area contributed by atoms with E-state index in [4.69, 9.17) is 5.73 Å². The Labute approximate surface area is 89.1 Å². The number of rotatable bonds is 2. The molecule has 3 nitrogen and oxygen atoms in total. The van der Waals surface area contributed by atoms with Gasteiger partial charge in [-0.15, -0.1) is 0 Å². The zero-order chi connectivity index (χ0) is 11.0. The van der Waals surface area contributed by atoms with Gasteiger partial charge in [-0.05, 0) is 30.7 Å². The van der Waals surface area contributed by atoms with Crippen molar-refractivity contribution in [2.45, 2.75) is 19.4 Å². The quantitative estimate of drug-likeness (QED) is 0.737. The number of aryl methyl sites for hydroxylation is 1. The normalized spacial score (nSPS) is 13.3. The van der Waals surface area contributed by atoms with E-state index in [1.54, 1.807) is 0 Å². The molecule has 1 heterocycles. The molecule has 0 radical (unpaired) electrons. The molecule has 2 aromatic rings. The first-order valence-corrected chi connectivity index (χ1v) is 5.16. The summed E-state index contributed by atoms with van der Waals surface area (Å²) in [5.74, 6) is 0. The van der Waals surface area contributed by atoms with Gasteiger partial charge in [0, 0.05) is 29.3 Å². The van der Waals surface area contributed by atoms with Crippen LogP contribution in [-0.4, -0.2) is 9.67 Å². The molecule has 0 spiro atoms. The molecule has 1 aromatic carbocycles. The molecule has 3 heteroatoms. The van der Waals surface area contributed by atoms with Gasteiger partial charge in [-0.1, -0.05) is 6.92 Å². The van der Waals surface area contributed by atoms with Crippen molar-refractivity contribution in [1.29, 1.82) is 0 Å². The van der Waals surface area contributed by atoms with Gasteiger partial charge >= 0.3 is 0 Å². The number of hydrogen-bond acceptors (Lipinski definition) is 2. The molecule has 0 saturated heterocycles. The molecule has 0 aliphatic heterocycles. The molecule has 1 atom stereocenters. The third-order valence-electron chi connectivity index (χ3n) is 2.83. The van der Waals surface area contributed by atoms with Crippen LogP contribution < -0.4 is 5.73 Å². The molecule has 2 rings (SSSR count). The number of nitrogens with two attached hydrogens (primary N) is 1. The first-order valence-electron chi connectivity index (χ1n) is 5.16. The molecule has 3 N–H and O–H groups in total. The topological polar surface area (TPSA) is 51.2 Å². The number of aromatic nitrogens is 1. The summed E-state index contributed by atoms with van der Waals surface area (Å²) in [6.07, 6.45) is 0.322. The molecule has 80 valence electrons. The second-order valence-corrected chi connectivity index (χ2v) is 3.87. The van der Waals surface area contributed by atoms with Crippen LogP contribution in [0.4, 0.5) is 5.69 Å². The molecule has 15 heavy (non-hydrogen) atoms. The van der Waals surface area contributed by atoms with Crippen LogP contribution in [0, 0.1) is 0 Å². The lowest BCUT2D eigenvalue weighted by atomic mass is 10.2. The lowest BCUT2D eigenvalue weighted by molar-refractivity contribution is 0.166. The predicted octanol–water partition coefficient (Wildman–Crippen LogP) is 2.20. The van der Waals surface area contributed by atoms with E-state index < -0.39 is 6.10 Å². The van der Waals surface area contributed by atoms with Crippen LogP contribution >= 0.6 is 0 Å². The summed E-state index contributed by atoms with van der Waals surface area (Å²) in [4.78, 5) is 0. The molecule has 0 amide bonds. The second kappa shape index (κ2) is 3.59. The van der Waals surface area contributed by atoms with E-state index in [9.17, 15) is 5.11 Å². The third-order valence-corrected chi connectivity index (χ3v) is 2.83. The van der Waals surface area contributed by atoms with Gasteiger partial charge in [0.05, 0.1) is 6.10 Å². The number of anilines is 1. The van der Waals surface area contributed by atoms with E-state index in [-0.39, 0.29) is 0 Å². The molecule has 1 unspecified atom stereocenters. The molecule has 0 aliphatic carbocycles. The van der Waals surface area contributed by atoms with Crippen LogP contribution in [0.1, 0.15) is 25.1 Å². The first-order chi connectivity index (χ1) is 7.13. The number of hydrogen-bond donors (Lipinski definition) is 2. The van der Waals surface area contributed by atoms with Gasteiger partial charge in [0.2, 0.25) is 0 Å². The van der Waals surface area contributed by atoms with Gasteiger partial charge in [0.1, 0.15) is 0 Å². The number of aliphatic hydroxyl groups is 1. The highest BCUT2D eigenvalue weighted by Gasteiger charge is 2.12. The maximum atomic E-state index is 9.83. The lowest BCUT2D eigenvalue weighted by Crippen LogP contribution is -2.02. The first kappa shape index (κ1) is 10.1. The van der Waals surface area contributed by atoms with Crippen molar-refractivity contribution < 1.29 is 5.11 Å². The van der Waals surface area contributed by atoms with Gasteiger partial charge in [0.25, 0.3) is 0 Å². The second-order valence-electron chi connectivity index (χ2n) is 3.87. The molecule has 0 fully saturated rings. The summed E-state index contributed by atoms with van der Waals surface area (Å²) in [6.45, 7) is 1.97. The van der Waals surface area contributed by atoms with Crippen LogP contribution in [0.2, 0.25) is 0 Å². The Morgan fingerprint density at radius 3 is 2.80 bits per heavy atom. The number of nitrogens with zero attached hydrogens (tertiary/aromatic N) is 1. The summed E-state index contributed by atoms with van der Waals surface area (Å²) >= 11 is 0. The van der Waals surface area contributed by atoms with Crippen LogP contribution in [0.25, 0.3) is 10.9 Å². The molecule has 1 aromatic heterocycles. The number of fused-ring (bicyclic) bond motifs is 1. The largest absolute Gasteiger partial charge is 0.399 e. The van der Waals surface area contributed by atoms with Gasteiger partial charge < -0.3 is 15.4 Å². The van der Waals surface area contributed by atoms with Crippen molar-refractivity contribution in [3.05, 3.63) is 30.0 Å². The third kappa shape index (κ3) is 1.59. The standard InChI is InChI=1S/C12H16N2O/c1-3-12(15)11-7-8-6-9(13)4-5-10(8)14(11)2/h4-7,12,15H,3,13H2,1-2H3. The fourth-order valence-electron chi connectivity index (χ4n) is 1.92. The monoisotopic (exact) mass is 204 g/mol. The lowest BCUT2D eigenvalue weighted by Gasteiger charge is -2.09. The van der Waals surface area contributed by atoms with E-state index in [0.717, 1.165) is 28.7 Å². The average molecular weight is 204 g/mol. The van der Waals surface area contributed by atoms with Crippen LogP contribution in [0.5, 0.6) is 0 Å². The van der Waals surface area contributed by atoms with Crippen LogP contribution in [-0.2, 0) is 7.05 Å². The van der Waals surface area contributed by atoms with Gasteiger partial charge in [-0.2, -0.15) is 0 Å². The maximum Gasteiger partial charge on any atom is 0.0937 e. The highest BCUT2D eigenvalue weighted by molar-refractivity contribution is 5.84. The molecular weight excluding hydrogens is 188 g/mol. The number of benzene rings is 1. The van der Waals surface area contributed by atoms with Crippen molar-refractivity contribution in [2.24, 2.45) is 7.05 Å². The van der Waals surface area contributed by atoms with Crippen molar-refractivity contribution in [1.82, 2.24) is 4.57 Å². The Balaban J connectivity index is 2.63. The van der Waals surface area contributed by atoms with Gasteiger partial charge in [-0.25, -0.2) is 0 Å². The molecule has 0 bridgehead atoms. The fraction of sp³-hybridized carbons (Fsp3) is 0.333. The Bertz CT molecular complexity index is 488. The number of nitrogen functional groups attached to an aromatic ring is 1. The minimum Gasteiger partial charge on any atom is -0.399 e. The van der Waals surface area contributed by atoms with Crippen molar-refractivity contribution in [2.75, 3.05) is 5.73 Å². The Hall–Kier alpha value is -1.48. The minimum absolute atomic E-state index is 0.399. The average Bonchev–Trinajstić information content (AvgIpc) is 2.54. The summed E-state index contributed by atoms with van der Waals surface area (Å²) in [6, 6.07) is 7.79. The zero-order valence-electron chi connectivity index (χ0n) is 9.07. The van der Waals surface area contributed by atoms with E-state index in [2.05, 4.69) is 0 Å². The summed E-state index contributed by atoms with van der Waals surface area (Å²) < 4.78 is 2.02. The van der Waals surface area contributed by atoms with Crippen molar-refractivity contribution in [3.63, 3.8) is 0 Å². The molecular formula is C12H16N2O. The zero-order valence-corrected chi connectivity index (χ0v) is 9.07. The van der Waals surface area contributed by atoms with Gasteiger partial charge in [0.15, 0.2) is 0 Å². The SMILES string of the molecule is CCC(O)c1cc2cc(N)ccc2n1C. The van der Waals surface area contributed by atoms with E-state index in [1.807, 2.05) is 42.8 Å². The molecule has 0 aliphatic rings. The maximum absolute atomic E-state index is 9.83. The van der Waals surface area contributed by atoms with E-state index in [1.165, 1.54) is 0 Å². The summed E-state index contributed by atoms with van der Waals surface area (Å²) in [5, 5.41) is 10.9. The van der Waals surface area contributed by atoms with E-state index >= 15 is 0 Å². The smallest absolute Gasteiger partial charge is 0.0937 e. The minimum atomic E-state index is -0.399. The Kier molecular flexibility index (Phi) is 2.40. The van der Waals surface area contributed by atoms with Crippen LogP contribution in [0.15, 0.2) is 24.3 Å². The predicted molar refractivity (Wildman–Crippen MR) is 62.6 cm³/mol. The fourth-order valence-corrected chi connectivity index (χ4v) is 1.92. The van der Waals surface area contributed by atoms with Crippen molar-refractivity contribution in [3.8, 4) is 0 Å². The number of aliphatic hydroxyl groups excluding tert-OH is 1. The molecule has 0 saturated carbocycles. The Morgan fingerprint density at radius 2 is 2.13 bits per heavy atom. The highest BCUT2D eigenvalue weighted by atomic mass is 16.3. The van der Waals surface area contributed by atoms with E-state index in [0.29, 0.717) is 0 Å². The summed E-state index contributed by atoms with van der Waals surface area (Å²) in [7, 11) is 1.97.